The van der Waals surface area contributed by atoms with Gasteiger partial charge < -0.3 is 10.4 Å². The lowest BCUT2D eigenvalue weighted by atomic mass is 9.33. The summed E-state index contributed by atoms with van der Waals surface area (Å²) in [6.45, 7) is 28.7. The van der Waals surface area contributed by atoms with Crippen molar-refractivity contribution in [3.05, 3.63) is 53.6 Å². The average Bonchev–Trinajstić information content (AvgIpc) is 3.48. The normalized spacial score (nSPS) is 39.6. The zero-order valence-corrected chi connectivity index (χ0v) is 35.7. The van der Waals surface area contributed by atoms with Gasteiger partial charge in [-0.2, -0.15) is 4.31 Å². The summed E-state index contributed by atoms with van der Waals surface area (Å²) in [5.74, 6) is 2.62. The fourth-order valence-corrected chi connectivity index (χ4v) is 16.3. The van der Waals surface area contributed by atoms with Gasteiger partial charge in [0.2, 0.25) is 10.0 Å². The van der Waals surface area contributed by atoms with E-state index in [-0.39, 0.29) is 38.9 Å². The molecule has 0 aromatic heterocycles. The van der Waals surface area contributed by atoms with Crippen LogP contribution in [-0.4, -0.2) is 79.3 Å². The molecular formula is C46H71N3O4S. The van der Waals surface area contributed by atoms with Crippen LogP contribution < -0.4 is 5.32 Å². The molecule has 8 heteroatoms. The molecule has 6 aliphatic rings. The molecule has 1 aromatic carbocycles. The molecule has 0 bridgehead atoms. The number of carboxylic acids is 1. The lowest BCUT2D eigenvalue weighted by Gasteiger charge is -2.72. The van der Waals surface area contributed by atoms with Crippen LogP contribution in [0.1, 0.15) is 129 Å². The van der Waals surface area contributed by atoms with E-state index in [1.54, 1.807) is 16.4 Å². The van der Waals surface area contributed by atoms with Crippen molar-refractivity contribution in [3.8, 4) is 0 Å². The van der Waals surface area contributed by atoms with Crippen LogP contribution in [-0.2, 0) is 10.0 Å². The number of nitrogens with one attached hydrogen (secondary N) is 1. The molecule has 9 atom stereocenters. The lowest BCUT2D eigenvalue weighted by Crippen LogP contribution is -2.68. The van der Waals surface area contributed by atoms with E-state index in [2.05, 4.69) is 64.4 Å². The van der Waals surface area contributed by atoms with Gasteiger partial charge in [-0.05, 0) is 145 Å². The molecule has 5 fully saturated rings. The summed E-state index contributed by atoms with van der Waals surface area (Å²) in [7, 11) is -3.17. The topological polar surface area (TPSA) is 90.0 Å². The summed E-state index contributed by atoms with van der Waals surface area (Å²) < 4.78 is 27.4. The number of hydrogen-bond donors (Lipinski definition) is 2. The molecule has 1 aromatic rings. The number of benzene rings is 1. The summed E-state index contributed by atoms with van der Waals surface area (Å²) in [5, 5.41) is 13.8. The van der Waals surface area contributed by atoms with Crippen LogP contribution in [0.2, 0.25) is 0 Å². The predicted octanol–water partition coefficient (Wildman–Crippen LogP) is 8.98. The SMILES string of the molecule is C=C(C)[C@@H]1CC[C@]2(NCCN3CCN(S(=O)(=O)CC(C)C)CC3)CC[C@]3(C)[C@H](CC[C@@H]4[C@@]5(C)CC=C(c6ccc(C(=O)O)cc6)C(C)(C)[C@@H]5CC[C@]43C)[C@@H]12. The van der Waals surface area contributed by atoms with Gasteiger partial charge in [-0.25, -0.2) is 13.2 Å². The van der Waals surface area contributed by atoms with Gasteiger partial charge in [0.15, 0.2) is 0 Å². The number of aromatic carboxylic acids is 1. The van der Waals surface area contributed by atoms with Crippen LogP contribution in [0.15, 0.2) is 42.5 Å². The number of hydrogen-bond acceptors (Lipinski definition) is 5. The van der Waals surface area contributed by atoms with Crippen molar-refractivity contribution < 1.29 is 18.3 Å². The van der Waals surface area contributed by atoms with Gasteiger partial charge >= 0.3 is 5.97 Å². The minimum Gasteiger partial charge on any atom is -0.478 e. The van der Waals surface area contributed by atoms with Gasteiger partial charge in [0.25, 0.3) is 0 Å². The van der Waals surface area contributed by atoms with Gasteiger partial charge in [-0.3, -0.25) is 4.90 Å². The minimum atomic E-state index is -3.17. The van der Waals surface area contributed by atoms with E-state index >= 15 is 0 Å². The fraction of sp³-hybridized carbons (Fsp3) is 0.761. The average molecular weight is 762 g/mol. The molecule has 7 rings (SSSR count). The number of piperazine rings is 1. The van der Waals surface area contributed by atoms with Crippen LogP contribution in [0.5, 0.6) is 0 Å². The first kappa shape index (κ1) is 40.2. The molecule has 1 saturated heterocycles. The molecule has 1 aliphatic heterocycles. The second-order valence-electron chi connectivity index (χ2n) is 20.6. The highest BCUT2D eigenvalue weighted by Crippen LogP contribution is 2.76. The van der Waals surface area contributed by atoms with E-state index < -0.39 is 16.0 Å². The van der Waals surface area contributed by atoms with E-state index in [9.17, 15) is 18.3 Å². The third-order valence-electron chi connectivity index (χ3n) is 17.3. The largest absolute Gasteiger partial charge is 0.478 e. The first-order valence-electron chi connectivity index (χ1n) is 21.4. The second kappa shape index (κ2) is 14.1. The van der Waals surface area contributed by atoms with Crippen molar-refractivity contribution in [3.63, 3.8) is 0 Å². The molecule has 0 amide bonds. The Morgan fingerprint density at radius 2 is 1.59 bits per heavy atom. The van der Waals surface area contributed by atoms with Crippen molar-refractivity contribution in [1.82, 2.24) is 14.5 Å². The Morgan fingerprint density at radius 1 is 0.907 bits per heavy atom. The number of fused-ring (bicyclic) bond motifs is 7. The van der Waals surface area contributed by atoms with E-state index in [0.29, 0.717) is 48.2 Å². The molecule has 0 unspecified atom stereocenters. The van der Waals surface area contributed by atoms with Gasteiger partial charge in [0.1, 0.15) is 0 Å². The number of carbonyl (C=O) groups is 1. The Kier molecular flexibility index (Phi) is 10.5. The van der Waals surface area contributed by atoms with Gasteiger partial charge in [-0.15, -0.1) is 0 Å². The van der Waals surface area contributed by atoms with Crippen molar-refractivity contribution in [2.24, 2.45) is 57.2 Å². The molecule has 7 nitrogen and oxygen atoms in total. The summed E-state index contributed by atoms with van der Waals surface area (Å²) >= 11 is 0. The van der Waals surface area contributed by atoms with Crippen LogP contribution >= 0.6 is 0 Å². The summed E-state index contributed by atoms with van der Waals surface area (Å²) in [6.07, 6.45) is 13.8. The van der Waals surface area contributed by atoms with E-state index in [1.165, 1.54) is 68.1 Å². The van der Waals surface area contributed by atoms with Crippen molar-refractivity contribution in [2.45, 2.75) is 119 Å². The molecule has 2 N–H and O–H groups in total. The first-order chi connectivity index (χ1) is 25.3. The van der Waals surface area contributed by atoms with Crippen LogP contribution in [0.25, 0.3) is 5.57 Å². The number of rotatable bonds is 10. The summed E-state index contributed by atoms with van der Waals surface area (Å²) in [5.41, 5.74) is 5.23. The Bertz CT molecular complexity index is 1740. The van der Waals surface area contributed by atoms with Crippen LogP contribution in [0, 0.1) is 57.2 Å². The van der Waals surface area contributed by atoms with Crippen molar-refractivity contribution in [2.75, 3.05) is 45.0 Å². The lowest BCUT2D eigenvalue weighted by molar-refractivity contribution is -0.219. The predicted molar refractivity (Wildman–Crippen MR) is 221 cm³/mol. The minimum absolute atomic E-state index is 0.00788. The summed E-state index contributed by atoms with van der Waals surface area (Å²) in [6, 6.07) is 7.60. The zero-order chi connectivity index (χ0) is 39.1. The molecule has 300 valence electrons. The molecular weight excluding hydrogens is 691 g/mol. The third-order valence-corrected chi connectivity index (χ3v) is 19.5. The van der Waals surface area contributed by atoms with Crippen molar-refractivity contribution in [1.29, 1.82) is 0 Å². The molecule has 54 heavy (non-hydrogen) atoms. The summed E-state index contributed by atoms with van der Waals surface area (Å²) in [4.78, 5) is 14.1. The first-order valence-corrected chi connectivity index (χ1v) is 23.0. The van der Waals surface area contributed by atoms with Crippen LogP contribution in [0.4, 0.5) is 0 Å². The van der Waals surface area contributed by atoms with Gasteiger partial charge in [-0.1, -0.05) is 78.8 Å². The number of sulfonamides is 1. The number of nitrogens with zero attached hydrogens (tertiary/aromatic N) is 2. The van der Waals surface area contributed by atoms with E-state index in [0.717, 1.165) is 32.6 Å². The number of allylic oxidation sites excluding steroid dienone is 3. The smallest absolute Gasteiger partial charge is 0.335 e. The van der Waals surface area contributed by atoms with Crippen LogP contribution in [0.3, 0.4) is 0 Å². The Morgan fingerprint density at radius 3 is 2.22 bits per heavy atom. The maximum atomic E-state index is 12.9. The Labute approximate surface area is 327 Å². The molecule has 1 heterocycles. The monoisotopic (exact) mass is 762 g/mol. The second-order valence-corrected chi connectivity index (χ2v) is 22.6. The standard InChI is InChI=1S/C46H71N3O4S/c1-31(2)30-54(52,53)49-28-26-48(27-29-49)25-24-47-46-21-16-35(32(3)4)40(46)37-14-15-39-43(7)19-17-36(33-10-12-34(13-11-33)41(50)51)42(5,6)38(43)18-20-45(39,9)44(37,8)22-23-46/h10-13,17,31,35,37-40,47H,3,14-16,18-30H2,1-2,4-9H3,(H,50,51)/t35-,37+,38-,39+,40+,43-,44+,45+,46-/m0/s1. The fourth-order valence-electron chi connectivity index (χ4n) is 14.6. The highest BCUT2D eigenvalue weighted by Gasteiger charge is 2.70. The molecule has 0 spiro atoms. The molecule has 4 saturated carbocycles. The third kappa shape index (κ3) is 6.40. The van der Waals surface area contributed by atoms with Crippen molar-refractivity contribution >= 4 is 21.6 Å². The van der Waals surface area contributed by atoms with E-state index in [1.807, 2.05) is 26.0 Å². The Hall–Kier alpha value is -2.00. The van der Waals surface area contributed by atoms with E-state index in [4.69, 9.17) is 0 Å². The maximum Gasteiger partial charge on any atom is 0.335 e. The highest BCUT2D eigenvalue weighted by atomic mass is 32.2. The maximum absolute atomic E-state index is 12.9. The highest BCUT2D eigenvalue weighted by molar-refractivity contribution is 7.89. The number of carboxylic acid groups (broad SMARTS) is 1. The van der Waals surface area contributed by atoms with Gasteiger partial charge in [0, 0.05) is 44.8 Å². The van der Waals surface area contributed by atoms with Gasteiger partial charge in [0.05, 0.1) is 11.3 Å². The zero-order valence-electron chi connectivity index (χ0n) is 34.8. The Balaban J connectivity index is 1.08. The molecule has 5 aliphatic carbocycles. The molecule has 0 radical (unpaired) electrons. The quantitative estimate of drug-likeness (QED) is 0.232.